The highest BCUT2D eigenvalue weighted by molar-refractivity contribution is 6.36. The zero-order valence-electron chi connectivity index (χ0n) is 13.9. The number of fused-ring (bicyclic) bond motifs is 1. The van der Waals surface area contributed by atoms with Gasteiger partial charge in [0.05, 0.1) is 22.1 Å². The molecule has 4 aromatic carbocycles. The molecule has 0 aliphatic rings. The Balaban J connectivity index is 1.82. The quantitative estimate of drug-likeness (QED) is 0.328. The molecule has 4 rings (SSSR count). The number of halogens is 1. The third kappa shape index (κ3) is 3.05. The third-order valence-electron chi connectivity index (χ3n) is 4.23. The highest BCUT2D eigenvalue weighted by Gasteiger charge is 2.15. The van der Waals surface area contributed by atoms with Crippen LogP contribution < -0.4 is 10.4 Å². The van der Waals surface area contributed by atoms with Gasteiger partial charge in [0.1, 0.15) is 5.75 Å². The van der Waals surface area contributed by atoms with Gasteiger partial charge >= 0.3 is 0 Å². The number of benzene rings is 4. The molecule has 0 spiro atoms. The molecule has 0 heterocycles. The number of phenolic OH excluding ortho intramolecular Hbond substituents is 1. The first-order valence-electron chi connectivity index (χ1n) is 8.31. The summed E-state index contributed by atoms with van der Waals surface area (Å²) in [5.74, 6) is 0.168. The van der Waals surface area contributed by atoms with Gasteiger partial charge in [0.2, 0.25) is 0 Å². The summed E-state index contributed by atoms with van der Waals surface area (Å²) in [6.45, 7) is 0. The number of hydrogen-bond acceptors (Lipinski definition) is 3. The van der Waals surface area contributed by atoms with Crippen molar-refractivity contribution in [2.75, 3.05) is 10.4 Å². The molecule has 0 saturated heterocycles. The molecule has 0 atom stereocenters. The van der Waals surface area contributed by atoms with Crippen molar-refractivity contribution in [3.05, 3.63) is 96.0 Å². The lowest BCUT2D eigenvalue weighted by Gasteiger charge is -2.27. The number of phenols is 1. The third-order valence-corrected chi connectivity index (χ3v) is 4.54. The summed E-state index contributed by atoms with van der Waals surface area (Å²) >= 11 is 6.44. The number of rotatable bonds is 4. The molecule has 128 valence electrons. The molecule has 0 aliphatic heterocycles. The Morgan fingerprint density at radius 1 is 0.692 bits per heavy atom. The molecular weight excluding hydrogens is 344 g/mol. The Morgan fingerprint density at radius 3 is 1.77 bits per heavy atom. The van der Waals surface area contributed by atoms with E-state index in [1.54, 1.807) is 6.07 Å². The molecule has 4 heteroatoms. The fraction of sp³-hybridized carbons (Fsp3) is 0. The van der Waals surface area contributed by atoms with Crippen LogP contribution in [0.2, 0.25) is 5.02 Å². The van der Waals surface area contributed by atoms with Crippen LogP contribution in [0.4, 0.5) is 17.1 Å². The molecule has 3 nitrogen and oxygen atoms in total. The van der Waals surface area contributed by atoms with Crippen LogP contribution in [0.25, 0.3) is 10.8 Å². The van der Waals surface area contributed by atoms with Crippen molar-refractivity contribution in [2.24, 2.45) is 0 Å². The van der Waals surface area contributed by atoms with Crippen LogP contribution >= 0.6 is 11.6 Å². The number of anilines is 3. The highest BCUT2D eigenvalue weighted by atomic mass is 35.5. The van der Waals surface area contributed by atoms with Crippen molar-refractivity contribution in [2.45, 2.75) is 0 Å². The minimum atomic E-state index is 0.168. The number of para-hydroxylation sites is 2. The zero-order valence-corrected chi connectivity index (χ0v) is 14.7. The van der Waals surface area contributed by atoms with Crippen LogP contribution in [0.1, 0.15) is 0 Å². The smallest absolute Gasteiger partial charge is 0.148 e. The number of nitrogens with one attached hydrogen (secondary N) is 1. The second-order valence-corrected chi connectivity index (χ2v) is 6.33. The van der Waals surface area contributed by atoms with Gasteiger partial charge in [-0.2, -0.15) is 0 Å². The highest BCUT2D eigenvalue weighted by Crippen LogP contribution is 2.39. The van der Waals surface area contributed by atoms with Gasteiger partial charge in [-0.25, -0.2) is 0 Å². The maximum Gasteiger partial charge on any atom is 0.148 e. The summed E-state index contributed by atoms with van der Waals surface area (Å²) < 4.78 is 0. The number of nitrogens with zero attached hydrogens (tertiary/aromatic N) is 1. The lowest BCUT2D eigenvalue weighted by atomic mass is 10.1. The first kappa shape index (κ1) is 16.3. The fourth-order valence-electron chi connectivity index (χ4n) is 2.95. The molecule has 0 aromatic heterocycles. The first-order valence-corrected chi connectivity index (χ1v) is 8.69. The average Bonchev–Trinajstić information content (AvgIpc) is 2.71. The van der Waals surface area contributed by atoms with Crippen molar-refractivity contribution in [3.8, 4) is 5.75 Å². The summed E-state index contributed by atoms with van der Waals surface area (Å²) in [7, 11) is 0. The Morgan fingerprint density at radius 2 is 1.19 bits per heavy atom. The van der Waals surface area contributed by atoms with Crippen molar-refractivity contribution >= 4 is 39.4 Å². The van der Waals surface area contributed by atoms with Crippen LogP contribution in [0, 0.1) is 0 Å². The van der Waals surface area contributed by atoms with Crippen molar-refractivity contribution in [1.29, 1.82) is 0 Å². The Labute approximate surface area is 157 Å². The summed E-state index contributed by atoms with van der Waals surface area (Å²) in [5.41, 5.74) is 5.75. The molecule has 0 fully saturated rings. The predicted molar refractivity (Wildman–Crippen MR) is 109 cm³/mol. The normalized spacial score (nSPS) is 10.7. The lowest BCUT2D eigenvalue weighted by Crippen LogP contribution is -2.24. The fourth-order valence-corrected chi connectivity index (χ4v) is 3.23. The maximum absolute atomic E-state index is 10.8. The van der Waals surface area contributed by atoms with E-state index in [0.717, 1.165) is 16.8 Å². The molecule has 0 saturated carbocycles. The average molecular weight is 361 g/mol. The SMILES string of the molecule is Oc1c(NN(c2ccccc2)c2ccccc2)cc(Cl)c2ccccc12. The van der Waals surface area contributed by atoms with E-state index in [4.69, 9.17) is 11.6 Å². The van der Waals surface area contributed by atoms with Gasteiger partial charge in [-0.3, -0.25) is 10.4 Å². The van der Waals surface area contributed by atoms with Crippen molar-refractivity contribution in [3.63, 3.8) is 0 Å². The molecule has 0 bridgehead atoms. The van der Waals surface area contributed by atoms with E-state index in [9.17, 15) is 5.11 Å². The molecule has 0 radical (unpaired) electrons. The molecule has 0 amide bonds. The van der Waals surface area contributed by atoms with Gasteiger partial charge in [0.25, 0.3) is 0 Å². The summed E-state index contributed by atoms with van der Waals surface area (Å²) in [6.07, 6.45) is 0. The van der Waals surface area contributed by atoms with E-state index in [0.29, 0.717) is 16.1 Å². The van der Waals surface area contributed by atoms with Crippen LogP contribution in [0.15, 0.2) is 91.0 Å². The van der Waals surface area contributed by atoms with Crippen LogP contribution in [0.3, 0.4) is 0 Å². The summed E-state index contributed by atoms with van der Waals surface area (Å²) in [5, 5.41) is 14.8. The van der Waals surface area contributed by atoms with E-state index in [-0.39, 0.29) is 5.75 Å². The van der Waals surface area contributed by atoms with Gasteiger partial charge in [-0.05, 0) is 30.3 Å². The molecule has 2 N–H and O–H groups in total. The predicted octanol–water partition coefficient (Wildman–Crippen LogP) is 6.36. The van der Waals surface area contributed by atoms with E-state index < -0.39 is 0 Å². The molecule has 4 aromatic rings. The molecular formula is C22H17ClN2O. The largest absolute Gasteiger partial charge is 0.505 e. The lowest BCUT2D eigenvalue weighted by molar-refractivity contribution is 0.483. The number of hydrazine groups is 1. The number of aromatic hydroxyl groups is 1. The van der Waals surface area contributed by atoms with Gasteiger partial charge in [0.15, 0.2) is 0 Å². The van der Waals surface area contributed by atoms with Crippen LogP contribution in [0.5, 0.6) is 5.75 Å². The van der Waals surface area contributed by atoms with Crippen LogP contribution in [-0.2, 0) is 0 Å². The minimum absolute atomic E-state index is 0.168. The monoisotopic (exact) mass is 360 g/mol. The topological polar surface area (TPSA) is 35.5 Å². The number of hydrogen-bond donors (Lipinski definition) is 2. The summed E-state index contributed by atoms with van der Waals surface area (Å²) in [4.78, 5) is 0. The maximum atomic E-state index is 10.8. The van der Waals surface area contributed by atoms with E-state index >= 15 is 0 Å². The van der Waals surface area contributed by atoms with Crippen molar-refractivity contribution < 1.29 is 5.11 Å². The zero-order chi connectivity index (χ0) is 17.9. The second-order valence-electron chi connectivity index (χ2n) is 5.92. The van der Waals surface area contributed by atoms with Gasteiger partial charge in [-0.1, -0.05) is 72.3 Å². The molecule has 0 aliphatic carbocycles. The van der Waals surface area contributed by atoms with Gasteiger partial charge in [0, 0.05) is 10.8 Å². The van der Waals surface area contributed by atoms with E-state index in [1.165, 1.54) is 0 Å². The van der Waals surface area contributed by atoms with E-state index in [1.807, 2.05) is 89.9 Å². The standard InChI is InChI=1S/C22H17ClN2O/c23-20-15-21(22(26)19-14-8-7-13-18(19)20)24-25(16-9-3-1-4-10-16)17-11-5-2-6-12-17/h1-15,24,26H. The molecule has 0 unspecified atom stereocenters. The Bertz CT molecular complexity index is 996. The second kappa shape index (κ2) is 6.98. The van der Waals surface area contributed by atoms with E-state index in [2.05, 4.69) is 5.43 Å². The Kier molecular flexibility index (Phi) is 4.38. The van der Waals surface area contributed by atoms with Gasteiger partial charge in [-0.15, -0.1) is 0 Å². The van der Waals surface area contributed by atoms with Crippen LogP contribution in [-0.4, -0.2) is 5.11 Å². The summed E-state index contributed by atoms with van der Waals surface area (Å²) in [6, 6.07) is 29.1. The van der Waals surface area contributed by atoms with Gasteiger partial charge < -0.3 is 5.11 Å². The molecule has 26 heavy (non-hydrogen) atoms. The minimum Gasteiger partial charge on any atom is -0.505 e. The Hall–Kier alpha value is -3.17. The first-order chi connectivity index (χ1) is 12.7. The van der Waals surface area contributed by atoms with Crippen molar-refractivity contribution in [1.82, 2.24) is 0 Å².